The van der Waals surface area contributed by atoms with Crippen LogP contribution < -0.4 is 9.80 Å². The molecule has 0 bridgehead atoms. The summed E-state index contributed by atoms with van der Waals surface area (Å²) in [5.74, 6) is -2.65. The van der Waals surface area contributed by atoms with E-state index in [0.29, 0.717) is 16.3 Å². The van der Waals surface area contributed by atoms with Crippen molar-refractivity contribution in [2.24, 2.45) is 0 Å². The summed E-state index contributed by atoms with van der Waals surface area (Å²) < 4.78 is 40.3. The Hall–Kier alpha value is -3.23. The zero-order chi connectivity index (χ0) is 22.7. The van der Waals surface area contributed by atoms with Gasteiger partial charge in [0.25, 0.3) is 10.8 Å². The first-order valence-electron chi connectivity index (χ1n) is 9.72. The number of amides is 2. The molecule has 2 amide bonds. The molecule has 2 aliphatic heterocycles. The maximum absolute atomic E-state index is 13.9. The molecule has 5 rings (SSSR count). The maximum Gasteiger partial charge on any atom is 0.274 e. The number of rotatable bonds is 3. The molecule has 0 aliphatic carbocycles. The molecule has 0 unspecified atom stereocenters. The monoisotopic (exact) mass is 470 g/mol. The second kappa shape index (κ2) is 7.15. The molecule has 0 aromatic heterocycles. The number of fused-ring (bicyclic) bond motifs is 2. The van der Waals surface area contributed by atoms with Gasteiger partial charge < -0.3 is 4.90 Å². The van der Waals surface area contributed by atoms with E-state index in [1.165, 1.54) is 53.4 Å². The number of hydrogen-bond donors (Lipinski definition) is 0. The van der Waals surface area contributed by atoms with Gasteiger partial charge in [0.2, 0.25) is 5.91 Å². The van der Waals surface area contributed by atoms with E-state index in [1.807, 2.05) is 0 Å². The number of para-hydroxylation sites is 1. The molecular weight excluding hydrogens is 455 g/mol. The van der Waals surface area contributed by atoms with Gasteiger partial charge in [0, 0.05) is 16.3 Å². The minimum absolute atomic E-state index is 0.0239. The highest BCUT2D eigenvalue weighted by molar-refractivity contribution is 7.94. The lowest BCUT2D eigenvalue weighted by Crippen LogP contribution is -2.54. The fraction of sp³-hybridized carbons (Fsp3) is 0.130. The Morgan fingerprint density at radius 1 is 0.938 bits per heavy atom. The average molecular weight is 471 g/mol. The van der Waals surface area contributed by atoms with E-state index >= 15 is 0 Å². The maximum atomic E-state index is 13.9. The lowest BCUT2D eigenvalue weighted by Gasteiger charge is -2.32. The van der Waals surface area contributed by atoms with E-state index < -0.39 is 38.1 Å². The molecule has 0 radical (unpaired) electrons. The summed E-state index contributed by atoms with van der Waals surface area (Å²) in [5.41, 5.74) is 1.48. The minimum atomic E-state index is -4.25. The summed E-state index contributed by atoms with van der Waals surface area (Å²) in [5, 5.41) is 0.411. The number of sulfone groups is 1. The van der Waals surface area contributed by atoms with Crippen LogP contribution in [-0.2, 0) is 30.8 Å². The minimum Gasteiger partial charge on any atom is -0.304 e. The molecule has 1 atom stereocenters. The third-order valence-electron chi connectivity index (χ3n) is 5.76. The van der Waals surface area contributed by atoms with E-state index in [2.05, 4.69) is 0 Å². The molecule has 2 aliphatic rings. The van der Waals surface area contributed by atoms with E-state index in [-0.39, 0.29) is 17.8 Å². The number of carbonyl (C=O) groups excluding carboxylic acids is 2. The molecule has 0 N–H and O–H groups in total. The number of halogens is 2. The fourth-order valence-corrected chi connectivity index (χ4v) is 6.57. The van der Waals surface area contributed by atoms with Gasteiger partial charge in [-0.25, -0.2) is 12.8 Å². The van der Waals surface area contributed by atoms with Crippen LogP contribution in [0.2, 0.25) is 5.02 Å². The molecule has 2 heterocycles. The van der Waals surface area contributed by atoms with Crippen LogP contribution in [0.1, 0.15) is 11.1 Å². The summed E-state index contributed by atoms with van der Waals surface area (Å²) in [4.78, 5) is 27.1. The Morgan fingerprint density at radius 2 is 1.59 bits per heavy atom. The third-order valence-corrected chi connectivity index (χ3v) is 8.12. The molecule has 32 heavy (non-hydrogen) atoms. The first-order valence-corrected chi connectivity index (χ1v) is 11.8. The number of benzene rings is 3. The van der Waals surface area contributed by atoms with Gasteiger partial charge in [-0.15, -0.1) is 0 Å². The van der Waals surface area contributed by atoms with Gasteiger partial charge in [0.05, 0.1) is 12.2 Å². The number of hydrogen-bond acceptors (Lipinski definition) is 4. The summed E-state index contributed by atoms with van der Waals surface area (Å²) in [6.45, 7) is 0.0239. The molecule has 1 spiro atoms. The fourth-order valence-electron chi connectivity index (χ4n) is 4.41. The summed E-state index contributed by atoms with van der Waals surface area (Å²) >= 11 is 5.97. The van der Waals surface area contributed by atoms with Crippen LogP contribution in [-0.4, -0.2) is 26.0 Å². The smallest absolute Gasteiger partial charge is 0.274 e. The third kappa shape index (κ3) is 2.79. The largest absolute Gasteiger partial charge is 0.304 e. The van der Waals surface area contributed by atoms with Gasteiger partial charge in [-0.3, -0.25) is 14.5 Å². The van der Waals surface area contributed by atoms with Gasteiger partial charge >= 0.3 is 0 Å². The highest BCUT2D eigenvalue weighted by Gasteiger charge is 2.69. The first kappa shape index (κ1) is 20.7. The predicted molar refractivity (Wildman–Crippen MR) is 118 cm³/mol. The molecule has 9 heteroatoms. The number of nitrogens with zero attached hydrogens (tertiary/aromatic N) is 2. The van der Waals surface area contributed by atoms with Crippen LogP contribution in [0.15, 0.2) is 72.8 Å². The van der Waals surface area contributed by atoms with Crippen LogP contribution in [0.25, 0.3) is 0 Å². The van der Waals surface area contributed by atoms with Crippen molar-refractivity contribution >= 4 is 44.6 Å². The number of carbonyl (C=O) groups is 2. The van der Waals surface area contributed by atoms with E-state index in [4.69, 9.17) is 11.6 Å². The van der Waals surface area contributed by atoms with Crippen molar-refractivity contribution in [3.63, 3.8) is 0 Å². The zero-order valence-corrected chi connectivity index (χ0v) is 18.1. The van der Waals surface area contributed by atoms with Crippen molar-refractivity contribution in [1.29, 1.82) is 0 Å². The van der Waals surface area contributed by atoms with E-state index in [0.717, 1.165) is 4.90 Å². The molecule has 0 saturated carbocycles. The van der Waals surface area contributed by atoms with Crippen LogP contribution in [0.4, 0.5) is 15.8 Å². The van der Waals surface area contributed by atoms with Gasteiger partial charge in [0.1, 0.15) is 11.6 Å². The molecule has 3 aromatic carbocycles. The SMILES string of the molecule is O=C1CS(=O)(=O)[C@]2(C(=O)N(Cc3ccc(F)cc3)c3ccccc32)N1c1ccc(Cl)cc1. The zero-order valence-electron chi connectivity index (χ0n) is 16.5. The van der Waals surface area contributed by atoms with Crippen molar-refractivity contribution in [2.45, 2.75) is 11.4 Å². The molecule has 162 valence electrons. The predicted octanol–water partition coefficient (Wildman–Crippen LogP) is 3.64. The van der Waals surface area contributed by atoms with Crippen molar-refractivity contribution in [1.82, 2.24) is 0 Å². The first-order chi connectivity index (χ1) is 15.3. The number of anilines is 2. The lowest BCUT2D eigenvalue weighted by molar-refractivity contribution is -0.123. The van der Waals surface area contributed by atoms with Crippen molar-refractivity contribution in [3.05, 3.63) is 94.8 Å². The summed E-state index contributed by atoms with van der Waals surface area (Å²) in [7, 11) is -4.25. The second-order valence-corrected chi connectivity index (χ2v) is 10.2. The van der Waals surface area contributed by atoms with Crippen LogP contribution in [0, 0.1) is 5.82 Å². The molecule has 1 saturated heterocycles. The average Bonchev–Trinajstić information content (AvgIpc) is 3.13. The molecular formula is C23H16ClFN2O4S. The quantitative estimate of drug-likeness (QED) is 0.585. The lowest BCUT2D eigenvalue weighted by atomic mass is 10.0. The normalized spacial score (nSPS) is 21.4. The standard InChI is InChI=1S/C23H16ClFN2O4S/c24-16-7-11-18(12-8-16)27-21(28)14-32(30,31)23(27)19-3-1-2-4-20(19)26(22(23)29)13-15-5-9-17(25)10-6-15/h1-12H,13-14H2/t23-/m1/s1. The highest BCUT2D eigenvalue weighted by atomic mass is 35.5. The van der Waals surface area contributed by atoms with Gasteiger partial charge in [0.15, 0.2) is 9.84 Å². The Kier molecular flexibility index (Phi) is 4.61. The summed E-state index contributed by atoms with van der Waals surface area (Å²) in [6, 6.07) is 18.2. The Labute approximate surface area is 188 Å². The topological polar surface area (TPSA) is 74.8 Å². The molecule has 3 aromatic rings. The Balaban J connectivity index is 1.72. The van der Waals surface area contributed by atoms with Crippen molar-refractivity contribution < 1.29 is 22.4 Å². The highest BCUT2D eigenvalue weighted by Crippen LogP contribution is 2.52. The molecule has 6 nitrogen and oxygen atoms in total. The van der Waals surface area contributed by atoms with Crippen molar-refractivity contribution in [2.75, 3.05) is 15.6 Å². The van der Waals surface area contributed by atoms with Gasteiger partial charge in [-0.2, -0.15) is 0 Å². The van der Waals surface area contributed by atoms with Gasteiger partial charge in [-0.05, 0) is 48.0 Å². The summed E-state index contributed by atoms with van der Waals surface area (Å²) in [6.07, 6.45) is 0. The van der Waals surface area contributed by atoms with Crippen LogP contribution >= 0.6 is 11.6 Å². The second-order valence-electron chi connectivity index (χ2n) is 7.64. The van der Waals surface area contributed by atoms with Crippen LogP contribution in [0.5, 0.6) is 0 Å². The van der Waals surface area contributed by atoms with Gasteiger partial charge in [-0.1, -0.05) is 41.9 Å². The van der Waals surface area contributed by atoms with E-state index in [1.54, 1.807) is 24.3 Å². The van der Waals surface area contributed by atoms with Crippen molar-refractivity contribution in [3.8, 4) is 0 Å². The Morgan fingerprint density at radius 3 is 2.28 bits per heavy atom. The van der Waals surface area contributed by atoms with Crippen LogP contribution in [0.3, 0.4) is 0 Å². The molecule has 1 fully saturated rings. The van der Waals surface area contributed by atoms with E-state index in [9.17, 15) is 22.4 Å². The Bertz CT molecular complexity index is 1360.